The number of halogens is 7. The van der Waals surface area contributed by atoms with E-state index < -0.39 is 69.5 Å². The molecule has 15 heteroatoms. The second kappa shape index (κ2) is 12.1. The van der Waals surface area contributed by atoms with E-state index in [-0.39, 0.29) is 59.5 Å². The van der Waals surface area contributed by atoms with Gasteiger partial charge in [-0.25, -0.2) is 18.0 Å². The fourth-order valence-corrected chi connectivity index (χ4v) is 8.44. The number of alkyl halides is 4. The number of hydrogen-bond donors (Lipinski definition) is 0. The number of rotatable bonds is 5. The van der Waals surface area contributed by atoms with Crippen molar-refractivity contribution in [2.75, 3.05) is 43.4 Å². The monoisotopic (exact) mass is 685 g/mol. The van der Waals surface area contributed by atoms with Crippen molar-refractivity contribution in [1.82, 2.24) is 19.4 Å². The maximum Gasteiger partial charge on any atom is 0.417 e. The average Bonchev–Trinajstić information content (AvgIpc) is 3.39. The van der Waals surface area contributed by atoms with Crippen molar-refractivity contribution in [3.8, 4) is 11.1 Å². The lowest BCUT2D eigenvalue weighted by Gasteiger charge is -2.45. The van der Waals surface area contributed by atoms with Crippen LogP contribution in [0, 0.1) is 11.6 Å². The molecule has 0 aliphatic carbocycles. The third-order valence-corrected chi connectivity index (χ3v) is 10.4. The smallest absolute Gasteiger partial charge is 0.352 e. The van der Waals surface area contributed by atoms with E-state index in [0.717, 1.165) is 23.9 Å². The number of anilines is 1. The number of piperazine rings is 1. The number of likely N-dealkylation sites (tertiary alicyclic amines) is 1. The minimum atomic E-state index is -5.00. The van der Waals surface area contributed by atoms with Gasteiger partial charge in [-0.3, -0.25) is 14.3 Å². The summed E-state index contributed by atoms with van der Waals surface area (Å²) in [6.07, 6.45) is -4.50. The Labute approximate surface area is 269 Å². The molecular formula is C31H30ClF6N5O2S. The van der Waals surface area contributed by atoms with Crippen molar-refractivity contribution < 1.29 is 31.1 Å². The predicted molar refractivity (Wildman–Crippen MR) is 165 cm³/mol. The number of amides is 1. The molecule has 3 aromatic rings. The summed E-state index contributed by atoms with van der Waals surface area (Å²) in [6, 6.07) is 0.735. The molecule has 0 spiro atoms. The first-order valence-corrected chi connectivity index (χ1v) is 16.1. The summed E-state index contributed by atoms with van der Waals surface area (Å²) < 4.78 is 89.6. The summed E-state index contributed by atoms with van der Waals surface area (Å²) in [5.74, 6) is -2.55. The van der Waals surface area contributed by atoms with Gasteiger partial charge in [0.05, 0.1) is 22.1 Å². The molecule has 1 aromatic heterocycles. The van der Waals surface area contributed by atoms with Gasteiger partial charge in [0.1, 0.15) is 23.6 Å². The van der Waals surface area contributed by atoms with Gasteiger partial charge in [0, 0.05) is 78.0 Å². The van der Waals surface area contributed by atoms with E-state index in [2.05, 4.69) is 11.6 Å². The first kappa shape index (κ1) is 32.7. The topological polar surface area (TPSA) is 61.7 Å². The quantitative estimate of drug-likeness (QED) is 0.178. The second-order valence-corrected chi connectivity index (χ2v) is 13.5. The Hall–Kier alpha value is -3.23. The zero-order chi connectivity index (χ0) is 33.2. The van der Waals surface area contributed by atoms with Crippen LogP contribution in [-0.4, -0.2) is 82.0 Å². The molecule has 246 valence electrons. The Morgan fingerprint density at radius 2 is 1.83 bits per heavy atom. The highest BCUT2D eigenvalue weighted by Gasteiger charge is 2.41. The third-order valence-electron chi connectivity index (χ3n) is 8.85. The lowest BCUT2D eigenvalue weighted by molar-refractivity contribution is -0.137. The molecule has 6 rings (SSSR count). The molecular weight excluding hydrogens is 656 g/mol. The highest BCUT2D eigenvalue weighted by Crippen LogP contribution is 2.51. The average molecular weight is 686 g/mol. The van der Waals surface area contributed by atoms with Crippen molar-refractivity contribution in [2.45, 2.75) is 55.6 Å². The van der Waals surface area contributed by atoms with Crippen LogP contribution in [0.4, 0.5) is 32.2 Å². The second-order valence-electron chi connectivity index (χ2n) is 12.0. The number of nitrogens with zero attached hydrogens (tertiary/aromatic N) is 5. The van der Waals surface area contributed by atoms with Gasteiger partial charge in [0.2, 0.25) is 5.91 Å². The SMILES string of the molecule is C=CC(=O)N1[C@H](C)CN(c2nc(=O)n3c4c(c(-c5cc(Cl)c(F)cc5F)c(C(F)(F)F)cc24)SCC3CN2CCC(F)C2)C[C@@H]1C. The van der Waals surface area contributed by atoms with Gasteiger partial charge in [-0.1, -0.05) is 18.2 Å². The van der Waals surface area contributed by atoms with Crippen LogP contribution in [0.25, 0.3) is 22.0 Å². The van der Waals surface area contributed by atoms with E-state index in [4.69, 9.17) is 11.6 Å². The Kier molecular flexibility index (Phi) is 8.60. The van der Waals surface area contributed by atoms with E-state index in [1.54, 1.807) is 23.6 Å². The van der Waals surface area contributed by atoms with Crippen molar-refractivity contribution in [1.29, 1.82) is 0 Å². The van der Waals surface area contributed by atoms with E-state index in [1.807, 2.05) is 4.90 Å². The lowest BCUT2D eigenvalue weighted by Crippen LogP contribution is -2.58. The summed E-state index contributed by atoms with van der Waals surface area (Å²) in [5, 5.41) is -0.544. The fourth-order valence-electron chi connectivity index (χ4n) is 6.96. The third kappa shape index (κ3) is 5.66. The van der Waals surface area contributed by atoms with E-state index >= 15 is 4.39 Å². The molecule has 2 aromatic carbocycles. The Balaban J connectivity index is 1.62. The van der Waals surface area contributed by atoms with Gasteiger partial charge in [0.15, 0.2) is 0 Å². The first-order valence-electron chi connectivity index (χ1n) is 14.7. The molecule has 4 heterocycles. The summed E-state index contributed by atoms with van der Waals surface area (Å²) >= 11 is 6.97. The predicted octanol–water partition coefficient (Wildman–Crippen LogP) is 6.32. The largest absolute Gasteiger partial charge is 0.417 e. The Bertz CT molecular complexity index is 1790. The Morgan fingerprint density at radius 3 is 2.43 bits per heavy atom. The van der Waals surface area contributed by atoms with Crippen LogP contribution < -0.4 is 10.6 Å². The zero-order valence-electron chi connectivity index (χ0n) is 24.9. The Morgan fingerprint density at radius 1 is 1.13 bits per heavy atom. The zero-order valence-corrected chi connectivity index (χ0v) is 26.5. The maximum atomic E-state index is 15.3. The van der Waals surface area contributed by atoms with Crippen LogP contribution in [0.5, 0.6) is 0 Å². The maximum absolute atomic E-state index is 15.3. The van der Waals surface area contributed by atoms with Crippen molar-refractivity contribution in [3.63, 3.8) is 0 Å². The molecule has 3 aliphatic heterocycles. The number of hydrogen-bond acceptors (Lipinski definition) is 6. The normalized spacial score (nSPS) is 23.8. The number of aromatic nitrogens is 2. The summed E-state index contributed by atoms with van der Waals surface area (Å²) in [6.45, 7) is 8.32. The number of carbonyl (C=O) groups excluding carboxylic acids is 1. The summed E-state index contributed by atoms with van der Waals surface area (Å²) in [4.78, 5) is 35.9. The van der Waals surface area contributed by atoms with Gasteiger partial charge in [-0.05, 0) is 38.5 Å². The van der Waals surface area contributed by atoms with Crippen molar-refractivity contribution >= 4 is 46.0 Å². The lowest BCUT2D eigenvalue weighted by atomic mass is 9.95. The van der Waals surface area contributed by atoms with Gasteiger partial charge < -0.3 is 9.80 Å². The van der Waals surface area contributed by atoms with Crippen LogP contribution in [0.1, 0.15) is 31.9 Å². The molecule has 3 aliphatic rings. The highest BCUT2D eigenvalue weighted by molar-refractivity contribution is 7.99. The number of thioether (sulfide) groups is 1. The molecule has 0 bridgehead atoms. The van der Waals surface area contributed by atoms with Gasteiger partial charge in [-0.2, -0.15) is 18.2 Å². The summed E-state index contributed by atoms with van der Waals surface area (Å²) in [5.41, 5.74) is -2.91. The van der Waals surface area contributed by atoms with Gasteiger partial charge in [-0.15, -0.1) is 11.8 Å². The van der Waals surface area contributed by atoms with Gasteiger partial charge >= 0.3 is 11.9 Å². The van der Waals surface area contributed by atoms with Crippen LogP contribution in [0.3, 0.4) is 0 Å². The number of carbonyl (C=O) groups is 1. The number of benzene rings is 2. The summed E-state index contributed by atoms with van der Waals surface area (Å²) in [7, 11) is 0. The van der Waals surface area contributed by atoms with Crippen LogP contribution >= 0.6 is 23.4 Å². The fraction of sp³-hybridized carbons (Fsp3) is 0.452. The van der Waals surface area contributed by atoms with Crippen molar-refractivity contribution in [3.05, 3.63) is 63.6 Å². The molecule has 2 fully saturated rings. The molecule has 0 N–H and O–H groups in total. The van der Waals surface area contributed by atoms with Crippen LogP contribution in [0.15, 0.2) is 40.5 Å². The molecule has 0 radical (unpaired) electrons. The molecule has 7 nitrogen and oxygen atoms in total. The van der Waals surface area contributed by atoms with E-state index in [1.165, 1.54) is 10.6 Å². The molecule has 2 unspecified atom stereocenters. The standard InChI is InChI=1S/C31H30ClF6N5O2S/c1-4-25(44)42-15(2)10-41(11-16(42)3)29-20-7-21(31(36,37)38)26(19-8-22(32)24(35)9-23(19)34)28-27(20)43(30(45)39-29)18(14-46-28)13-40-6-5-17(33)12-40/h4,7-9,15-18H,1,5-6,10-14H2,2-3H3/t15-,16+,17?,18?. The van der Waals surface area contributed by atoms with E-state index in [9.17, 15) is 31.5 Å². The highest BCUT2D eigenvalue weighted by atomic mass is 35.5. The molecule has 1 amide bonds. The first-order chi connectivity index (χ1) is 21.7. The molecule has 2 saturated heterocycles. The molecule has 46 heavy (non-hydrogen) atoms. The minimum Gasteiger partial charge on any atom is -0.352 e. The van der Waals surface area contributed by atoms with Gasteiger partial charge in [0.25, 0.3) is 0 Å². The van der Waals surface area contributed by atoms with Crippen LogP contribution in [0.2, 0.25) is 5.02 Å². The van der Waals surface area contributed by atoms with Crippen molar-refractivity contribution in [2.24, 2.45) is 0 Å². The molecule has 0 saturated carbocycles. The molecule has 4 atom stereocenters. The van der Waals surface area contributed by atoms with E-state index in [0.29, 0.717) is 19.0 Å². The minimum absolute atomic E-state index is 0.00260. The van der Waals surface area contributed by atoms with Crippen LogP contribution in [-0.2, 0) is 11.0 Å².